The lowest BCUT2D eigenvalue weighted by molar-refractivity contribution is 0.250. The second kappa shape index (κ2) is 8.84. The van der Waals surface area contributed by atoms with E-state index in [1.165, 1.54) is 5.56 Å². The predicted octanol–water partition coefficient (Wildman–Crippen LogP) is 3.07. The molecule has 0 spiro atoms. The lowest BCUT2D eigenvalue weighted by atomic mass is 10.1. The maximum atomic E-state index is 9.01. The van der Waals surface area contributed by atoms with Crippen LogP contribution in [0.2, 0.25) is 0 Å². The minimum atomic E-state index is 0.467. The molecular weight excluding hydrogens is 364 g/mol. The van der Waals surface area contributed by atoms with Gasteiger partial charge >= 0.3 is 0 Å². The highest BCUT2D eigenvalue weighted by Gasteiger charge is 2.18. The first-order chi connectivity index (χ1) is 14.2. The Morgan fingerprint density at radius 1 is 1.03 bits per heavy atom. The SMILES string of the molecule is Cc1ccc(-c2noc(CCCN3CCN(c4cccc(C#N)n4)CC3)n2)cc1. The van der Waals surface area contributed by atoms with E-state index in [9.17, 15) is 0 Å². The van der Waals surface area contributed by atoms with Crippen molar-refractivity contribution >= 4 is 5.82 Å². The van der Waals surface area contributed by atoms with Gasteiger partial charge in [-0.25, -0.2) is 4.98 Å². The van der Waals surface area contributed by atoms with E-state index in [0.29, 0.717) is 17.4 Å². The summed E-state index contributed by atoms with van der Waals surface area (Å²) in [5.74, 6) is 2.23. The van der Waals surface area contributed by atoms with Crippen molar-refractivity contribution in [2.75, 3.05) is 37.6 Å². The Labute approximate surface area is 170 Å². The normalized spacial score (nSPS) is 14.7. The lowest BCUT2D eigenvalue weighted by Gasteiger charge is -2.35. The largest absolute Gasteiger partial charge is 0.354 e. The second-order valence-corrected chi connectivity index (χ2v) is 7.30. The Hall–Kier alpha value is -3.24. The average molecular weight is 388 g/mol. The van der Waals surface area contributed by atoms with Crippen molar-refractivity contribution in [3.8, 4) is 17.5 Å². The standard InChI is InChI=1S/C22H24N6O/c1-17-7-9-18(10-8-17)22-25-21(29-26-22)6-3-11-27-12-14-28(15-13-27)20-5-2-4-19(16-23)24-20/h2,4-5,7-10H,3,6,11-15H2,1H3. The number of anilines is 1. The van der Waals surface area contributed by atoms with Crippen LogP contribution >= 0.6 is 0 Å². The molecule has 0 bridgehead atoms. The number of nitriles is 1. The number of rotatable bonds is 6. The summed E-state index contributed by atoms with van der Waals surface area (Å²) >= 11 is 0. The van der Waals surface area contributed by atoms with Crippen LogP contribution in [0.15, 0.2) is 47.0 Å². The number of benzene rings is 1. The summed E-state index contributed by atoms with van der Waals surface area (Å²) in [6.07, 6.45) is 1.77. The van der Waals surface area contributed by atoms with Crippen LogP contribution in [-0.2, 0) is 6.42 Å². The van der Waals surface area contributed by atoms with Crippen molar-refractivity contribution < 1.29 is 4.52 Å². The Kier molecular flexibility index (Phi) is 5.82. The molecule has 0 aliphatic carbocycles. The van der Waals surface area contributed by atoms with E-state index in [2.05, 4.69) is 50.1 Å². The highest BCUT2D eigenvalue weighted by Crippen LogP contribution is 2.17. The van der Waals surface area contributed by atoms with E-state index >= 15 is 0 Å². The van der Waals surface area contributed by atoms with Crippen molar-refractivity contribution in [1.29, 1.82) is 5.26 Å². The first kappa shape index (κ1) is 19.1. The van der Waals surface area contributed by atoms with Crippen molar-refractivity contribution in [3.63, 3.8) is 0 Å². The fraction of sp³-hybridized carbons (Fsp3) is 0.364. The van der Waals surface area contributed by atoms with Gasteiger partial charge in [-0.3, -0.25) is 4.90 Å². The zero-order chi connectivity index (χ0) is 20.1. The van der Waals surface area contributed by atoms with Gasteiger partial charge in [0, 0.05) is 38.2 Å². The minimum Gasteiger partial charge on any atom is -0.354 e. The van der Waals surface area contributed by atoms with Gasteiger partial charge in [-0.1, -0.05) is 41.1 Å². The molecule has 1 aliphatic rings. The molecule has 29 heavy (non-hydrogen) atoms. The fourth-order valence-electron chi connectivity index (χ4n) is 3.49. The Bertz CT molecular complexity index is 983. The number of nitrogens with zero attached hydrogens (tertiary/aromatic N) is 6. The Balaban J connectivity index is 1.23. The summed E-state index contributed by atoms with van der Waals surface area (Å²) in [5, 5.41) is 13.1. The summed E-state index contributed by atoms with van der Waals surface area (Å²) in [6.45, 7) is 6.86. The molecule has 1 fully saturated rings. The van der Waals surface area contributed by atoms with Gasteiger partial charge in [-0.2, -0.15) is 10.2 Å². The van der Waals surface area contributed by atoms with Gasteiger partial charge < -0.3 is 9.42 Å². The number of hydrogen-bond donors (Lipinski definition) is 0. The molecule has 0 unspecified atom stereocenters. The molecule has 7 heteroatoms. The number of piperazine rings is 1. The highest BCUT2D eigenvalue weighted by atomic mass is 16.5. The van der Waals surface area contributed by atoms with Gasteiger partial charge in [-0.15, -0.1) is 0 Å². The molecule has 0 atom stereocenters. The van der Waals surface area contributed by atoms with E-state index in [-0.39, 0.29) is 0 Å². The third-order valence-corrected chi connectivity index (χ3v) is 5.19. The number of pyridine rings is 1. The highest BCUT2D eigenvalue weighted by molar-refractivity contribution is 5.54. The van der Waals surface area contributed by atoms with Gasteiger partial charge in [0.05, 0.1) is 0 Å². The van der Waals surface area contributed by atoms with E-state index in [1.54, 1.807) is 6.07 Å². The van der Waals surface area contributed by atoms with E-state index in [4.69, 9.17) is 9.78 Å². The number of aromatic nitrogens is 3. The van der Waals surface area contributed by atoms with Gasteiger partial charge in [0.25, 0.3) is 0 Å². The minimum absolute atomic E-state index is 0.467. The van der Waals surface area contributed by atoms with Crippen molar-refractivity contribution in [2.45, 2.75) is 19.8 Å². The smallest absolute Gasteiger partial charge is 0.227 e. The molecule has 0 N–H and O–H groups in total. The average Bonchev–Trinajstić information content (AvgIpc) is 3.24. The van der Waals surface area contributed by atoms with Crippen LogP contribution < -0.4 is 4.90 Å². The molecule has 3 aromatic rings. The molecule has 1 aliphatic heterocycles. The molecule has 7 nitrogen and oxygen atoms in total. The van der Waals surface area contributed by atoms with Crippen LogP contribution in [0.25, 0.3) is 11.4 Å². The molecule has 1 aromatic carbocycles. The summed E-state index contributed by atoms with van der Waals surface area (Å²) in [7, 11) is 0. The van der Waals surface area contributed by atoms with Gasteiger partial charge in [0.1, 0.15) is 17.6 Å². The molecule has 0 amide bonds. The molecule has 4 rings (SSSR count). The monoisotopic (exact) mass is 388 g/mol. The third-order valence-electron chi connectivity index (χ3n) is 5.19. The zero-order valence-corrected chi connectivity index (χ0v) is 16.6. The Morgan fingerprint density at radius 2 is 1.83 bits per heavy atom. The van der Waals surface area contributed by atoms with Crippen LogP contribution in [0.4, 0.5) is 5.82 Å². The van der Waals surface area contributed by atoms with Gasteiger partial charge in [-0.05, 0) is 32.0 Å². The Morgan fingerprint density at radius 3 is 2.59 bits per heavy atom. The van der Waals surface area contributed by atoms with Crippen LogP contribution in [0.1, 0.15) is 23.6 Å². The summed E-state index contributed by atoms with van der Waals surface area (Å²) in [6, 6.07) is 15.8. The molecule has 1 saturated heterocycles. The predicted molar refractivity (Wildman–Crippen MR) is 110 cm³/mol. The molecule has 0 radical (unpaired) electrons. The first-order valence-corrected chi connectivity index (χ1v) is 9.95. The van der Waals surface area contributed by atoms with E-state index in [0.717, 1.165) is 56.9 Å². The van der Waals surface area contributed by atoms with Crippen molar-refractivity contribution in [1.82, 2.24) is 20.0 Å². The van der Waals surface area contributed by atoms with Gasteiger partial charge in [0.2, 0.25) is 11.7 Å². The van der Waals surface area contributed by atoms with E-state index in [1.807, 2.05) is 24.3 Å². The van der Waals surface area contributed by atoms with Crippen molar-refractivity contribution in [3.05, 3.63) is 59.6 Å². The quantitative estimate of drug-likeness (QED) is 0.642. The maximum absolute atomic E-state index is 9.01. The number of hydrogen-bond acceptors (Lipinski definition) is 7. The van der Waals surface area contributed by atoms with Gasteiger partial charge in [0.15, 0.2) is 0 Å². The maximum Gasteiger partial charge on any atom is 0.227 e. The van der Waals surface area contributed by atoms with Crippen LogP contribution in [-0.4, -0.2) is 52.7 Å². The lowest BCUT2D eigenvalue weighted by Crippen LogP contribution is -2.47. The number of aryl methyl sites for hydroxylation is 2. The topological polar surface area (TPSA) is 82.1 Å². The van der Waals surface area contributed by atoms with Crippen LogP contribution in [0.5, 0.6) is 0 Å². The van der Waals surface area contributed by atoms with Crippen LogP contribution in [0, 0.1) is 18.3 Å². The fourth-order valence-corrected chi connectivity index (χ4v) is 3.49. The zero-order valence-electron chi connectivity index (χ0n) is 16.6. The molecule has 3 heterocycles. The van der Waals surface area contributed by atoms with E-state index < -0.39 is 0 Å². The third kappa shape index (κ3) is 4.79. The summed E-state index contributed by atoms with van der Waals surface area (Å²) in [5.41, 5.74) is 2.66. The molecular formula is C22H24N6O. The first-order valence-electron chi connectivity index (χ1n) is 9.95. The summed E-state index contributed by atoms with van der Waals surface area (Å²) in [4.78, 5) is 13.6. The molecule has 0 saturated carbocycles. The molecule has 2 aromatic heterocycles. The summed E-state index contributed by atoms with van der Waals surface area (Å²) < 4.78 is 5.41. The second-order valence-electron chi connectivity index (χ2n) is 7.30. The molecule has 148 valence electrons. The van der Waals surface area contributed by atoms with Crippen LogP contribution in [0.3, 0.4) is 0 Å². The van der Waals surface area contributed by atoms with Crippen molar-refractivity contribution in [2.24, 2.45) is 0 Å².